The third kappa shape index (κ3) is 3.95. The minimum Gasteiger partial charge on any atom is -0.396 e. The minimum atomic E-state index is 0.202. The van der Waals surface area contributed by atoms with Gasteiger partial charge in [-0.1, -0.05) is 42.3 Å². The van der Waals surface area contributed by atoms with Crippen molar-refractivity contribution in [2.75, 3.05) is 20.2 Å². The van der Waals surface area contributed by atoms with Gasteiger partial charge in [0.15, 0.2) is 0 Å². The lowest BCUT2D eigenvalue weighted by Gasteiger charge is -2.20. The summed E-state index contributed by atoms with van der Waals surface area (Å²) in [4.78, 5) is 2.12. The van der Waals surface area contributed by atoms with Crippen LogP contribution in [0.3, 0.4) is 0 Å². The molecule has 0 heterocycles. The van der Waals surface area contributed by atoms with Gasteiger partial charge in [-0.05, 0) is 24.6 Å². The molecule has 1 unspecified atom stereocenters. The number of aliphatic hydroxyl groups is 1. The van der Waals surface area contributed by atoms with Crippen LogP contribution in [0.2, 0.25) is 10.0 Å². The predicted molar refractivity (Wildman–Crippen MR) is 69.0 cm³/mol. The first kappa shape index (κ1) is 13.8. The van der Waals surface area contributed by atoms with Crippen molar-refractivity contribution in [3.8, 4) is 0 Å². The van der Waals surface area contributed by atoms with Crippen LogP contribution < -0.4 is 0 Å². The van der Waals surface area contributed by atoms with Gasteiger partial charge < -0.3 is 10.0 Å². The Balaban J connectivity index is 2.62. The molecular weight excluding hydrogens is 245 g/mol. The lowest BCUT2D eigenvalue weighted by Crippen LogP contribution is -2.25. The standard InChI is InChI=1S/C12H17Cl2NO/c1-9(8-16)6-15(2)7-10-4-3-5-11(13)12(10)14/h3-5,9,16H,6-8H2,1-2H3. The highest BCUT2D eigenvalue weighted by molar-refractivity contribution is 6.42. The second-order valence-electron chi connectivity index (χ2n) is 4.20. The van der Waals surface area contributed by atoms with Crippen LogP contribution in [0.15, 0.2) is 18.2 Å². The summed E-state index contributed by atoms with van der Waals surface area (Å²) in [5.41, 5.74) is 1.02. The average molecular weight is 262 g/mol. The Hall–Kier alpha value is -0.280. The van der Waals surface area contributed by atoms with Crippen LogP contribution >= 0.6 is 23.2 Å². The third-order valence-electron chi connectivity index (χ3n) is 2.41. The van der Waals surface area contributed by atoms with Crippen LogP contribution in [0.1, 0.15) is 12.5 Å². The van der Waals surface area contributed by atoms with E-state index in [0.717, 1.165) is 18.7 Å². The van der Waals surface area contributed by atoms with Crippen molar-refractivity contribution in [2.45, 2.75) is 13.5 Å². The molecule has 1 aromatic rings. The summed E-state index contributed by atoms with van der Waals surface area (Å²) in [5.74, 6) is 0.267. The molecule has 4 heteroatoms. The Morgan fingerprint density at radius 2 is 2.06 bits per heavy atom. The van der Waals surface area contributed by atoms with Gasteiger partial charge in [-0.3, -0.25) is 0 Å². The van der Waals surface area contributed by atoms with Gasteiger partial charge in [-0.25, -0.2) is 0 Å². The molecule has 0 aliphatic heterocycles. The zero-order valence-electron chi connectivity index (χ0n) is 9.58. The number of nitrogens with zero attached hydrogens (tertiary/aromatic N) is 1. The van der Waals surface area contributed by atoms with Crippen molar-refractivity contribution < 1.29 is 5.11 Å². The maximum absolute atomic E-state index is 8.97. The molecule has 0 saturated heterocycles. The fraction of sp³-hybridized carbons (Fsp3) is 0.500. The highest BCUT2D eigenvalue weighted by atomic mass is 35.5. The van der Waals surface area contributed by atoms with E-state index in [9.17, 15) is 0 Å². The summed E-state index contributed by atoms with van der Waals surface area (Å²) in [6.07, 6.45) is 0. The highest BCUT2D eigenvalue weighted by Gasteiger charge is 2.09. The maximum atomic E-state index is 8.97. The molecule has 2 nitrogen and oxygen atoms in total. The number of halogens is 2. The molecule has 1 aromatic carbocycles. The predicted octanol–water partition coefficient (Wildman–Crippen LogP) is 3.05. The zero-order chi connectivity index (χ0) is 12.1. The van der Waals surface area contributed by atoms with E-state index in [1.165, 1.54) is 0 Å². The van der Waals surface area contributed by atoms with Gasteiger partial charge in [0.2, 0.25) is 0 Å². The van der Waals surface area contributed by atoms with Crippen LogP contribution in [0.5, 0.6) is 0 Å². The minimum absolute atomic E-state index is 0.202. The molecule has 0 aliphatic carbocycles. The van der Waals surface area contributed by atoms with Crippen LogP contribution in [-0.2, 0) is 6.54 Å². The van der Waals surface area contributed by atoms with Crippen LogP contribution in [0, 0.1) is 5.92 Å². The van der Waals surface area contributed by atoms with E-state index in [-0.39, 0.29) is 12.5 Å². The maximum Gasteiger partial charge on any atom is 0.0637 e. The second-order valence-corrected chi connectivity index (χ2v) is 4.98. The number of benzene rings is 1. The normalized spacial score (nSPS) is 13.1. The first-order valence-corrected chi connectivity index (χ1v) is 6.02. The zero-order valence-corrected chi connectivity index (χ0v) is 11.1. The van der Waals surface area contributed by atoms with Gasteiger partial charge in [0.25, 0.3) is 0 Å². The van der Waals surface area contributed by atoms with Crippen molar-refractivity contribution in [1.82, 2.24) is 4.90 Å². The fourth-order valence-electron chi connectivity index (χ4n) is 1.62. The van der Waals surface area contributed by atoms with Gasteiger partial charge in [-0.2, -0.15) is 0 Å². The number of aliphatic hydroxyl groups excluding tert-OH is 1. The molecule has 1 rings (SSSR count). The summed E-state index contributed by atoms with van der Waals surface area (Å²) >= 11 is 12.0. The van der Waals surface area contributed by atoms with E-state index >= 15 is 0 Å². The van der Waals surface area contributed by atoms with Gasteiger partial charge in [0, 0.05) is 19.7 Å². The van der Waals surface area contributed by atoms with Gasteiger partial charge in [-0.15, -0.1) is 0 Å². The van der Waals surface area contributed by atoms with Crippen molar-refractivity contribution >= 4 is 23.2 Å². The third-order valence-corrected chi connectivity index (χ3v) is 3.26. The molecule has 0 saturated carbocycles. The first-order chi connectivity index (χ1) is 7.54. The molecule has 90 valence electrons. The summed E-state index contributed by atoms with van der Waals surface area (Å²) < 4.78 is 0. The second kappa shape index (κ2) is 6.45. The van der Waals surface area contributed by atoms with Gasteiger partial charge in [0.05, 0.1) is 10.0 Å². The van der Waals surface area contributed by atoms with E-state index < -0.39 is 0 Å². The molecule has 0 aromatic heterocycles. The van der Waals surface area contributed by atoms with E-state index in [2.05, 4.69) is 4.90 Å². The number of hydrogen-bond acceptors (Lipinski definition) is 2. The van der Waals surface area contributed by atoms with Gasteiger partial charge >= 0.3 is 0 Å². The first-order valence-electron chi connectivity index (χ1n) is 5.27. The van der Waals surface area contributed by atoms with E-state index in [1.54, 1.807) is 6.07 Å². The molecular formula is C12H17Cl2NO. The molecule has 1 atom stereocenters. The van der Waals surface area contributed by atoms with E-state index in [4.69, 9.17) is 28.3 Å². The van der Waals surface area contributed by atoms with Crippen LogP contribution in [0.25, 0.3) is 0 Å². The Kier molecular flexibility index (Phi) is 5.56. The molecule has 0 bridgehead atoms. The van der Waals surface area contributed by atoms with Crippen molar-refractivity contribution in [1.29, 1.82) is 0 Å². The molecule has 0 radical (unpaired) electrons. The van der Waals surface area contributed by atoms with E-state index in [0.29, 0.717) is 10.0 Å². The molecule has 0 fully saturated rings. The Bertz CT molecular complexity index is 344. The smallest absolute Gasteiger partial charge is 0.0637 e. The SMILES string of the molecule is CC(CO)CN(C)Cc1cccc(Cl)c1Cl. The van der Waals surface area contributed by atoms with Crippen molar-refractivity contribution in [3.63, 3.8) is 0 Å². The Morgan fingerprint density at radius 1 is 1.38 bits per heavy atom. The molecule has 0 spiro atoms. The number of hydrogen-bond donors (Lipinski definition) is 1. The monoisotopic (exact) mass is 261 g/mol. The van der Waals surface area contributed by atoms with E-state index in [1.807, 2.05) is 26.1 Å². The van der Waals surface area contributed by atoms with Gasteiger partial charge in [0.1, 0.15) is 0 Å². The summed E-state index contributed by atoms with van der Waals surface area (Å²) in [6, 6.07) is 5.64. The Labute approximate surface area is 107 Å². The van der Waals surface area contributed by atoms with Crippen molar-refractivity contribution in [2.24, 2.45) is 5.92 Å². The lowest BCUT2D eigenvalue weighted by molar-refractivity contribution is 0.188. The summed E-state index contributed by atoms with van der Waals surface area (Å²) in [5, 5.41) is 10.2. The largest absolute Gasteiger partial charge is 0.396 e. The summed E-state index contributed by atoms with van der Waals surface area (Å²) in [6.45, 7) is 3.78. The fourth-order valence-corrected chi connectivity index (χ4v) is 2.00. The Morgan fingerprint density at radius 3 is 2.69 bits per heavy atom. The summed E-state index contributed by atoms with van der Waals surface area (Å²) in [7, 11) is 2.00. The highest BCUT2D eigenvalue weighted by Crippen LogP contribution is 2.26. The topological polar surface area (TPSA) is 23.5 Å². The molecule has 1 N–H and O–H groups in total. The molecule has 0 aliphatic rings. The lowest BCUT2D eigenvalue weighted by atomic mass is 10.1. The van der Waals surface area contributed by atoms with Crippen molar-refractivity contribution in [3.05, 3.63) is 33.8 Å². The average Bonchev–Trinajstić information content (AvgIpc) is 2.24. The molecule has 0 amide bonds. The van der Waals surface area contributed by atoms with Crippen LogP contribution in [-0.4, -0.2) is 30.2 Å². The number of rotatable bonds is 5. The molecule has 16 heavy (non-hydrogen) atoms. The quantitative estimate of drug-likeness (QED) is 0.881. The van der Waals surface area contributed by atoms with Crippen LogP contribution in [0.4, 0.5) is 0 Å².